The van der Waals surface area contributed by atoms with Gasteiger partial charge in [0.25, 0.3) is 5.56 Å². The fraction of sp³-hybridized carbons (Fsp3) is 0.0833. The Morgan fingerprint density at radius 3 is 3.00 bits per heavy atom. The van der Waals surface area contributed by atoms with E-state index in [1.807, 2.05) is 0 Å². The van der Waals surface area contributed by atoms with Crippen LogP contribution < -0.4 is 10.9 Å². The van der Waals surface area contributed by atoms with Crippen molar-refractivity contribution >= 4 is 23.1 Å². The summed E-state index contributed by atoms with van der Waals surface area (Å²) in [6.07, 6.45) is 2.23. The van der Waals surface area contributed by atoms with Gasteiger partial charge in [0.15, 0.2) is 0 Å². The number of benzene rings is 1. The number of ether oxygens (including phenoxy) is 1. The molecule has 2 aromatic rings. The lowest BCUT2D eigenvalue weighted by molar-refractivity contribution is 0.175. The second kappa shape index (κ2) is 5.13. The lowest BCUT2D eigenvalue weighted by Crippen LogP contribution is -2.16. The van der Waals surface area contributed by atoms with Crippen molar-refractivity contribution in [2.45, 2.75) is 0 Å². The van der Waals surface area contributed by atoms with Gasteiger partial charge in [0.05, 0.1) is 18.0 Å². The van der Waals surface area contributed by atoms with E-state index >= 15 is 0 Å². The van der Waals surface area contributed by atoms with Gasteiger partial charge in [-0.2, -0.15) is 0 Å². The van der Waals surface area contributed by atoms with Crippen LogP contribution in [0.25, 0.3) is 17.0 Å². The highest BCUT2D eigenvalue weighted by molar-refractivity contribution is 5.78. The molecule has 0 unspecified atom stereocenters. The van der Waals surface area contributed by atoms with Gasteiger partial charge in [-0.25, -0.2) is 9.78 Å². The molecule has 6 heteroatoms. The molecular formula is C12H11N3O3. The van der Waals surface area contributed by atoms with E-state index in [2.05, 4.69) is 20.0 Å². The summed E-state index contributed by atoms with van der Waals surface area (Å²) in [7, 11) is 1.26. The molecule has 1 aromatic heterocycles. The van der Waals surface area contributed by atoms with Crippen molar-refractivity contribution in [3.8, 4) is 0 Å². The van der Waals surface area contributed by atoms with E-state index in [-0.39, 0.29) is 5.56 Å². The Bertz CT molecular complexity index is 661. The second-order valence-electron chi connectivity index (χ2n) is 3.44. The molecule has 6 nitrogen and oxygen atoms in total. The number of fused-ring (bicyclic) bond motifs is 1. The quantitative estimate of drug-likeness (QED) is 0.834. The van der Waals surface area contributed by atoms with Crippen molar-refractivity contribution in [1.29, 1.82) is 0 Å². The summed E-state index contributed by atoms with van der Waals surface area (Å²) in [4.78, 5) is 29.3. The molecule has 0 aliphatic heterocycles. The standard InChI is InChI=1S/C12H11N3O3/c1-18-12(17)13-7-6-10-14-9-5-3-2-4-8(9)11(16)15-10/h2-7H,1H3,(H,13,17)(H,14,15,16)/b7-6+. The van der Waals surface area contributed by atoms with Crippen LogP contribution >= 0.6 is 0 Å². The van der Waals surface area contributed by atoms with Gasteiger partial charge in [-0.15, -0.1) is 0 Å². The number of methoxy groups -OCH3 is 1. The molecule has 0 fully saturated rings. The Hall–Kier alpha value is -2.63. The zero-order valence-corrected chi connectivity index (χ0v) is 9.64. The smallest absolute Gasteiger partial charge is 0.410 e. The first kappa shape index (κ1) is 11.8. The van der Waals surface area contributed by atoms with Gasteiger partial charge in [-0.3, -0.25) is 10.1 Å². The number of hydrogen-bond acceptors (Lipinski definition) is 4. The van der Waals surface area contributed by atoms with E-state index in [1.54, 1.807) is 24.3 Å². The van der Waals surface area contributed by atoms with Crippen LogP contribution in [-0.2, 0) is 4.74 Å². The monoisotopic (exact) mass is 245 g/mol. The number of carbonyl (C=O) groups excluding carboxylic acids is 1. The minimum absolute atomic E-state index is 0.224. The number of amides is 1. The summed E-state index contributed by atoms with van der Waals surface area (Å²) in [6, 6.07) is 7.01. The Morgan fingerprint density at radius 2 is 2.22 bits per heavy atom. The van der Waals surface area contributed by atoms with Gasteiger partial charge in [0, 0.05) is 6.20 Å². The lowest BCUT2D eigenvalue weighted by atomic mass is 10.2. The Kier molecular flexibility index (Phi) is 3.38. The first-order valence-electron chi connectivity index (χ1n) is 5.21. The van der Waals surface area contributed by atoms with Crippen molar-refractivity contribution in [2.24, 2.45) is 0 Å². The first-order chi connectivity index (χ1) is 8.70. The molecule has 2 rings (SSSR count). The number of hydrogen-bond donors (Lipinski definition) is 2. The zero-order valence-electron chi connectivity index (χ0n) is 9.64. The van der Waals surface area contributed by atoms with Crippen LogP contribution in [0.1, 0.15) is 5.82 Å². The molecule has 0 saturated carbocycles. The number of H-pyrrole nitrogens is 1. The van der Waals surface area contributed by atoms with Crippen molar-refractivity contribution in [2.75, 3.05) is 7.11 Å². The van der Waals surface area contributed by atoms with E-state index in [4.69, 9.17) is 0 Å². The topological polar surface area (TPSA) is 84.1 Å². The summed E-state index contributed by atoms with van der Waals surface area (Å²) >= 11 is 0. The minimum Gasteiger partial charge on any atom is -0.453 e. The fourth-order valence-electron chi connectivity index (χ4n) is 1.43. The van der Waals surface area contributed by atoms with E-state index in [0.717, 1.165) is 0 Å². The molecule has 0 bridgehead atoms. The van der Waals surface area contributed by atoms with Crippen molar-refractivity contribution < 1.29 is 9.53 Å². The summed E-state index contributed by atoms with van der Waals surface area (Å²) in [5.74, 6) is 0.357. The maximum absolute atomic E-state index is 11.7. The molecule has 0 aliphatic rings. The number of rotatable bonds is 2. The maximum Gasteiger partial charge on any atom is 0.410 e. The van der Waals surface area contributed by atoms with E-state index < -0.39 is 6.09 Å². The van der Waals surface area contributed by atoms with Gasteiger partial charge < -0.3 is 9.72 Å². The predicted octanol–water partition coefficient (Wildman–Crippen LogP) is 1.25. The number of carbonyl (C=O) groups is 1. The number of aromatic amines is 1. The number of nitrogens with one attached hydrogen (secondary N) is 2. The predicted molar refractivity (Wildman–Crippen MR) is 66.9 cm³/mol. The number of nitrogens with zero attached hydrogens (tertiary/aromatic N) is 1. The van der Waals surface area contributed by atoms with Crippen LogP contribution in [0.5, 0.6) is 0 Å². The van der Waals surface area contributed by atoms with Crippen LogP contribution in [0.4, 0.5) is 4.79 Å². The highest BCUT2D eigenvalue weighted by Crippen LogP contribution is 2.05. The summed E-state index contributed by atoms with van der Waals surface area (Å²) < 4.78 is 4.39. The third-order valence-electron chi connectivity index (χ3n) is 2.26. The Morgan fingerprint density at radius 1 is 1.44 bits per heavy atom. The van der Waals surface area contributed by atoms with Gasteiger partial charge in [0.2, 0.25) is 0 Å². The molecule has 1 amide bonds. The van der Waals surface area contributed by atoms with Gasteiger partial charge >= 0.3 is 6.09 Å². The molecule has 2 N–H and O–H groups in total. The number of para-hydroxylation sites is 1. The summed E-state index contributed by atoms with van der Waals surface area (Å²) in [5, 5.41) is 2.87. The number of alkyl carbamates (subject to hydrolysis) is 1. The van der Waals surface area contributed by atoms with Gasteiger partial charge in [0.1, 0.15) is 5.82 Å². The molecule has 0 aliphatic carbocycles. The average Bonchev–Trinajstić information content (AvgIpc) is 2.38. The molecule has 92 valence electrons. The number of aromatic nitrogens is 2. The van der Waals surface area contributed by atoms with Crippen LogP contribution in [-0.4, -0.2) is 23.2 Å². The van der Waals surface area contributed by atoms with Crippen LogP contribution in [0.3, 0.4) is 0 Å². The van der Waals surface area contributed by atoms with Crippen molar-refractivity contribution in [3.05, 3.63) is 46.6 Å². The third kappa shape index (κ3) is 2.54. The average molecular weight is 245 g/mol. The van der Waals surface area contributed by atoms with Crippen LogP contribution in [0, 0.1) is 0 Å². The normalized spacial score (nSPS) is 10.7. The maximum atomic E-state index is 11.7. The zero-order chi connectivity index (χ0) is 13.0. The van der Waals surface area contributed by atoms with E-state index in [1.165, 1.54) is 19.4 Å². The first-order valence-corrected chi connectivity index (χ1v) is 5.21. The molecular weight excluding hydrogens is 234 g/mol. The van der Waals surface area contributed by atoms with E-state index in [9.17, 15) is 9.59 Å². The molecule has 0 atom stereocenters. The molecule has 0 radical (unpaired) electrons. The molecule has 1 heterocycles. The van der Waals surface area contributed by atoms with Gasteiger partial charge in [-0.05, 0) is 18.2 Å². The van der Waals surface area contributed by atoms with Crippen molar-refractivity contribution in [1.82, 2.24) is 15.3 Å². The minimum atomic E-state index is -0.589. The molecule has 0 spiro atoms. The van der Waals surface area contributed by atoms with Gasteiger partial charge in [-0.1, -0.05) is 12.1 Å². The molecule has 0 saturated heterocycles. The van der Waals surface area contributed by atoms with E-state index in [0.29, 0.717) is 16.7 Å². The SMILES string of the molecule is COC(=O)N/C=C/c1nc2ccccc2c(=O)[nH]1. The second-order valence-corrected chi connectivity index (χ2v) is 3.44. The Labute approximate surface area is 102 Å². The summed E-state index contributed by atoms with van der Waals surface area (Å²) in [6.45, 7) is 0. The molecule has 18 heavy (non-hydrogen) atoms. The molecule has 1 aromatic carbocycles. The highest BCUT2D eigenvalue weighted by Gasteiger charge is 2.00. The third-order valence-corrected chi connectivity index (χ3v) is 2.26. The largest absolute Gasteiger partial charge is 0.453 e. The van der Waals surface area contributed by atoms with Crippen LogP contribution in [0.2, 0.25) is 0 Å². The summed E-state index contributed by atoms with van der Waals surface area (Å²) in [5.41, 5.74) is 0.372. The lowest BCUT2D eigenvalue weighted by Gasteiger charge is -1.99. The highest BCUT2D eigenvalue weighted by atomic mass is 16.5. The van der Waals surface area contributed by atoms with Crippen LogP contribution in [0.15, 0.2) is 35.3 Å². The van der Waals surface area contributed by atoms with Crippen molar-refractivity contribution in [3.63, 3.8) is 0 Å². The fourth-order valence-corrected chi connectivity index (χ4v) is 1.43. The Balaban J connectivity index is 2.30.